The number of Topliss-reactive ketones (excluding diaryl/α,β-unsaturated/α-hetero) is 1. The molecule has 2 aromatic carbocycles. The first-order valence-electron chi connectivity index (χ1n) is 23.3. The summed E-state index contributed by atoms with van der Waals surface area (Å²) in [6, 6.07) is 10.9. The lowest BCUT2D eigenvalue weighted by atomic mass is 9.84. The molecule has 2 aliphatic heterocycles. The van der Waals surface area contributed by atoms with Crippen molar-refractivity contribution in [3.63, 3.8) is 0 Å². The minimum atomic E-state index is -1.12. The van der Waals surface area contributed by atoms with E-state index < -0.39 is 77.6 Å². The van der Waals surface area contributed by atoms with Gasteiger partial charge in [-0.25, -0.2) is 4.79 Å². The number of nitrogens with zero attached hydrogens (tertiary/aromatic N) is 1. The van der Waals surface area contributed by atoms with E-state index in [0.717, 1.165) is 54.1 Å². The van der Waals surface area contributed by atoms with Gasteiger partial charge in [0.05, 0.1) is 6.04 Å². The number of hydrogen-bond donors (Lipinski definition) is 8. The van der Waals surface area contributed by atoms with Gasteiger partial charge in [-0.15, -0.1) is 0 Å². The highest BCUT2D eigenvalue weighted by molar-refractivity contribution is 5.98. The van der Waals surface area contributed by atoms with Gasteiger partial charge < -0.3 is 47.5 Å². The van der Waals surface area contributed by atoms with E-state index in [-0.39, 0.29) is 69.9 Å². The second-order valence-corrected chi connectivity index (χ2v) is 17.9. The van der Waals surface area contributed by atoms with Gasteiger partial charge in [-0.1, -0.05) is 80.6 Å². The number of carbonyl (C=O) groups is 8. The Morgan fingerprint density at radius 3 is 2.32 bits per heavy atom. The highest BCUT2D eigenvalue weighted by Crippen LogP contribution is 2.29. The van der Waals surface area contributed by atoms with Crippen LogP contribution < -0.4 is 37.6 Å². The minimum absolute atomic E-state index is 0.0827. The third-order valence-electron chi connectivity index (χ3n) is 13.0. The normalized spacial score (nSPS) is 23.6. The number of ketones is 1. The maximum Gasteiger partial charge on any atom is 0.312 e. The number of benzene rings is 2. The molecule has 2 saturated heterocycles. The molecule has 0 radical (unpaired) electrons. The van der Waals surface area contributed by atoms with Crippen LogP contribution in [-0.4, -0.2) is 107 Å². The number of primary amides is 1. The molecular weight excluding hydrogens is 831 g/mol. The Morgan fingerprint density at radius 1 is 0.831 bits per heavy atom. The van der Waals surface area contributed by atoms with Gasteiger partial charge in [-0.2, -0.15) is 0 Å². The maximum atomic E-state index is 14.6. The second-order valence-electron chi connectivity index (χ2n) is 17.9. The van der Waals surface area contributed by atoms with Gasteiger partial charge in [0.1, 0.15) is 24.2 Å². The van der Waals surface area contributed by atoms with Gasteiger partial charge in [0.2, 0.25) is 35.4 Å². The molecule has 3 heterocycles. The predicted molar refractivity (Wildman–Crippen MR) is 244 cm³/mol. The number of aromatic amines is 1. The van der Waals surface area contributed by atoms with Gasteiger partial charge in [0.25, 0.3) is 0 Å². The van der Waals surface area contributed by atoms with Crippen molar-refractivity contribution in [3.8, 4) is 0 Å². The van der Waals surface area contributed by atoms with Gasteiger partial charge in [-0.05, 0) is 68.1 Å². The quantitative estimate of drug-likeness (QED) is 0.118. The van der Waals surface area contributed by atoms with E-state index in [1.165, 1.54) is 11.8 Å². The largest absolute Gasteiger partial charge is 0.361 e. The van der Waals surface area contributed by atoms with Crippen LogP contribution in [0.5, 0.6) is 0 Å². The molecule has 8 amide bonds. The number of para-hydroxylation sites is 1. The standard InChI is InChI=1S/C48H65N9O8/c1-30(58)53-39(25-31-13-4-2-5-14-31)44(61)54-37-20-11-22-50-43(60)33(17-10-23-51-48(49)65)28-42(59)38(27-34-29-52-36-19-9-8-18-35(34)36)55-45(62)40(26-32-15-6-3-7-16-32)56-46(63)41-21-12-24-57(41)47(37)64/h2,4-5,8-9,13-14,18-19,29,32-33,37-41,52H,3,6-7,10-12,15-17,20-28H2,1H3,(H,50,60)(H,53,58)(H,54,61)(H,55,62)(H,56,63)(H3,49,51,65)/t33-,37+,38+,39+,40-,41+/m1/s1. The molecule has 3 fully saturated rings. The summed E-state index contributed by atoms with van der Waals surface area (Å²) in [7, 11) is 0. The molecule has 3 aromatic rings. The first-order chi connectivity index (χ1) is 31.4. The van der Waals surface area contributed by atoms with E-state index in [4.69, 9.17) is 5.73 Å². The van der Waals surface area contributed by atoms with Gasteiger partial charge >= 0.3 is 6.03 Å². The average molecular weight is 896 g/mol. The number of fused-ring (bicyclic) bond motifs is 2. The zero-order valence-corrected chi connectivity index (χ0v) is 37.3. The molecule has 17 heteroatoms. The number of amides is 8. The highest BCUT2D eigenvalue weighted by atomic mass is 16.2. The third-order valence-corrected chi connectivity index (χ3v) is 13.0. The topological polar surface area (TPSA) is 254 Å². The molecule has 9 N–H and O–H groups in total. The molecule has 6 rings (SSSR count). The Labute approximate surface area is 379 Å². The van der Waals surface area contributed by atoms with Crippen molar-refractivity contribution in [2.75, 3.05) is 19.6 Å². The summed E-state index contributed by atoms with van der Waals surface area (Å²) in [5.74, 6) is -4.00. The fraction of sp³-hybridized carbons (Fsp3) is 0.542. The van der Waals surface area contributed by atoms with Gasteiger partial charge in [-0.3, -0.25) is 33.6 Å². The number of hydrogen-bond acceptors (Lipinski definition) is 8. The van der Waals surface area contributed by atoms with E-state index >= 15 is 0 Å². The molecule has 350 valence electrons. The molecule has 1 aliphatic carbocycles. The summed E-state index contributed by atoms with van der Waals surface area (Å²) in [6.07, 6.45) is 8.80. The number of nitrogens with one attached hydrogen (secondary N) is 7. The lowest BCUT2D eigenvalue weighted by Crippen LogP contribution is -2.59. The second kappa shape index (κ2) is 23.6. The number of rotatable bonds is 13. The van der Waals surface area contributed by atoms with Crippen LogP contribution in [0.15, 0.2) is 60.8 Å². The lowest BCUT2D eigenvalue weighted by molar-refractivity contribution is -0.142. The smallest absolute Gasteiger partial charge is 0.312 e. The molecule has 1 aromatic heterocycles. The zero-order chi connectivity index (χ0) is 46.3. The Kier molecular flexibility index (Phi) is 17.5. The number of urea groups is 1. The van der Waals surface area contributed by atoms with Crippen molar-refractivity contribution in [1.82, 2.24) is 41.8 Å². The van der Waals surface area contributed by atoms with Crippen molar-refractivity contribution in [1.29, 1.82) is 0 Å². The summed E-state index contributed by atoms with van der Waals surface area (Å²) >= 11 is 0. The van der Waals surface area contributed by atoms with Crippen LogP contribution in [0, 0.1) is 11.8 Å². The first-order valence-corrected chi connectivity index (χ1v) is 23.3. The fourth-order valence-corrected chi connectivity index (χ4v) is 9.56. The van der Waals surface area contributed by atoms with E-state index in [0.29, 0.717) is 25.7 Å². The molecule has 0 bridgehead atoms. The summed E-state index contributed by atoms with van der Waals surface area (Å²) in [4.78, 5) is 115. The Hall–Kier alpha value is -6.26. The minimum Gasteiger partial charge on any atom is -0.361 e. The zero-order valence-electron chi connectivity index (χ0n) is 37.3. The summed E-state index contributed by atoms with van der Waals surface area (Å²) < 4.78 is 0. The molecule has 0 spiro atoms. The maximum absolute atomic E-state index is 14.6. The van der Waals surface area contributed by atoms with Crippen LogP contribution >= 0.6 is 0 Å². The van der Waals surface area contributed by atoms with Crippen molar-refractivity contribution in [2.24, 2.45) is 17.6 Å². The number of carbonyl (C=O) groups excluding carboxylic acids is 8. The van der Waals surface area contributed by atoms with Crippen LogP contribution in [0.1, 0.15) is 102 Å². The van der Waals surface area contributed by atoms with E-state index in [1.54, 1.807) is 6.20 Å². The molecule has 6 atom stereocenters. The first kappa shape index (κ1) is 48.2. The van der Waals surface area contributed by atoms with Crippen LogP contribution in [0.3, 0.4) is 0 Å². The monoisotopic (exact) mass is 895 g/mol. The molecule has 65 heavy (non-hydrogen) atoms. The van der Waals surface area contributed by atoms with Crippen LogP contribution in [0.25, 0.3) is 10.9 Å². The van der Waals surface area contributed by atoms with Crippen molar-refractivity contribution in [3.05, 3.63) is 71.9 Å². The van der Waals surface area contributed by atoms with Crippen LogP contribution in [0.2, 0.25) is 0 Å². The molecule has 1 saturated carbocycles. The lowest BCUT2D eigenvalue weighted by Gasteiger charge is -2.32. The van der Waals surface area contributed by atoms with Crippen LogP contribution in [-0.2, 0) is 46.4 Å². The molecule has 0 unspecified atom stereocenters. The Balaban J connectivity index is 1.31. The van der Waals surface area contributed by atoms with Crippen LogP contribution in [0.4, 0.5) is 4.79 Å². The molecule has 17 nitrogen and oxygen atoms in total. The van der Waals surface area contributed by atoms with E-state index in [9.17, 15) is 38.4 Å². The Bertz CT molecular complexity index is 2160. The van der Waals surface area contributed by atoms with Crippen molar-refractivity contribution < 1.29 is 38.4 Å². The number of H-pyrrole nitrogens is 1. The van der Waals surface area contributed by atoms with E-state index in [1.807, 2.05) is 54.6 Å². The van der Waals surface area contributed by atoms with Crippen molar-refractivity contribution >= 4 is 58.2 Å². The van der Waals surface area contributed by atoms with Gasteiger partial charge in [0.15, 0.2) is 5.78 Å². The summed E-state index contributed by atoms with van der Waals surface area (Å²) in [5, 5.41) is 17.9. The summed E-state index contributed by atoms with van der Waals surface area (Å²) in [5.41, 5.74) is 7.75. The fourth-order valence-electron chi connectivity index (χ4n) is 9.56. The van der Waals surface area contributed by atoms with Crippen molar-refractivity contribution in [2.45, 2.75) is 133 Å². The molecular formula is C48H65N9O8. The van der Waals surface area contributed by atoms with Gasteiger partial charge in [0, 0.05) is 68.8 Å². The molecule has 3 aliphatic rings. The highest BCUT2D eigenvalue weighted by Gasteiger charge is 2.40. The Morgan fingerprint density at radius 2 is 1.57 bits per heavy atom. The number of aromatic nitrogens is 1. The average Bonchev–Trinajstić information content (AvgIpc) is 3.95. The predicted octanol–water partition coefficient (Wildman–Crippen LogP) is 2.81. The summed E-state index contributed by atoms with van der Waals surface area (Å²) in [6.45, 7) is 1.82. The van der Waals surface area contributed by atoms with E-state index in [2.05, 4.69) is 36.9 Å². The SMILES string of the molecule is CC(=O)N[C@@H](Cc1ccccc1)C(=O)N[C@H]1CCCNC(=O)[C@H](CCCNC(N)=O)CC(=O)[C@H](Cc2c[nH]c3ccccc23)NC(=O)[C@@H](CC2CCCCC2)NC(=O)[C@@H]2CCCN2C1=O. The third kappa shape index (κ3) is 13.9. The number of nitrogens with two attached hydrogens (primary N) is 1.